The van der Waals surface area contributed by atoms with E-state index in [2.05, 4.69) is 10.4 Å². The van der Waals surface area contributed by atoms with Crippen molar-refractivity contribution in [3.8, 4) is 0 Å². The van der Waals surface area contributed by atoms with Crippen LogP contribution in [-0.4, -0.2) is 27.4 Å². The Hall–Kier alpha value is -1.92. The maximum Gasteiger partial charge on any atom is 0.242 e. The number of hydrogen-bond acceptors (Lipinski definition) is 3. The number of carbonyl (C=O) groups is 1. The van der Waals surface area contributed by atoms with Crippen LogP contribution in [0, 0.1) is 5.82 Å². The van der Waals surface area contributed by atoms with Gasteiger partial charge in [0.05, 0.1) is 17.7 Å². The molecule has 106 valence electrons. The lowest BCUT2D eigenvalue weighted by Crippen LogP contribution is -2.33. The number of aliphatic hydroxyl groups excluding tert-OH is 1. The van der Waals surface area contributed by atoms with E-state index in [-0.39, 0.29) is 24.1 Å². The Balaban J connectivity index is 2.04. The van der Waals surface area contributed by atoms with Crippen molar-refractivity contribution in [2.45, 2.75) is 12.6 Å². The fraction of sp³-hybridized carbons (Fsp3) is 0.231. The monoisotopic (exact) mass is 297 g/mol. The summed E-state index contributed by atoms with van der Waals surface area (Å²) in [6, 6.07) is 5.14. The van der Waals surface area contributed by atoms with Gasteiger partial charge in [-0.3, -0.25) is 9.48 Å². The van der Waals surface area contributed by atoms with E-state index < -0.39 is 11.9 Å². The highest BCUT2D eigenvalue weighted by atomic mass is 35.5. The summed E-state index contributed by atoms with van der Waals surface area (Å²) in [5, 5.41) is 15.8. The molecule has 0 radical (unpaired) electrons. The van der Waals surface area contributed by atoms with Crippen LogP contribution in [0.3, 0.4) is 0 Å². The van der Waals surface area contributed by atoms with E-state index >= 15 is 0 Å². The number of nitrogens with one attached hydrogen (secondary N) is 1. The van der Waals surface area contributed by atoms with Crippen molar-refractivity contribution < 1.29 is 14.3 Å². The fourth-order valence-corrected chi connectivity index (χ4v) is 1.86. The lowest BCUT2D eigenvalue weighted by atomic mass is 10.1. The Morgan fingerprint density at radius 3 is 2.95 bits per heavy atom. The minimum absolute atomic E-state index is 0.00620. The van der Waals surface area contributed by atoms with Gasteiger partial charge in [-0.05, 0) is 23.8 Å². The smallest absolute Gasteiger partial charge is 0.242 e. The number of nitrogens with zero attached hydrogens (tertiary/aromatic N) is 2. The Labute approximate surface area is 120 Å². The molecule has 1 aromatic heterocycles. The zero-order chi connectivity index (χ0) is 14.5. The number of aliphatic hydroxyl groups is 1. The summed E-state index contributed by atoms with van der Waals surface area (Å²) >= 11 is 5.59. The summed E-state index contributed by atoms with van der Waals surface area (Å²) in [5.74, 6) is -0.924. The van der Waals surface area contributed by atoms with Crippen LogP contribution in [0.25, 0.3) is 0 Å². The van der Waals surface area contributed by atoms with E-state index in [9.17, 15) is 14.3 Å². The van der Waals surface area contributed by atoms with Crippen molar-refractivity contribution in [1.82, 2.24) is 15.1 Å². The molecule has 2 rings (SSSR count). The molecule has 0 bridgehead atoms. The van der Waals surface area contributed by atoms with Gasteiger partial charge in [0, 0.05) is 12.4 Å². The molecule has 1 amide bonds. The summed E-state index contributed by atoms with van der Waals surface area (Å²) in [7, 11) is 0. The quantitative estimate of drug-likeness (QED) is 0.879. The third kappa shape index (κ3) is 3.55. The largest absolute Gasteiger partial charge is 0.394 e. The number of benzene rings is 1. The predicted octanol–water partition coefficient (Wildman–Crippen LogP) is 1.53. The molecule has 1 atom stereocenters. The second kappa shape index (κ2) is 6.49. The number of hydrogen-bond donors (Lipinski definition) is 2. The predicted molar refractivity (Wildman–Crippen MR) is 71.6 cm³/mol. The molecule has 0 aliphatic heterocycles. The van der Waals surface area contributed by atoms with Crippen LogP contribution >= 0.6 is 11.6 Å². The molecule has 0 fully saturated rings. The summed E-state index contributed by atoms with van der Waals surface area (Å²) in [5.41, 5.74) is 0.447. The molecule has 2 N–H and O–H groups in total. The molecule has 5 nitrogen and oxygen atoms in total. The number of aromatic nitrogens is 2. The zero-order valence-corrected chi connectivity index (χ0v) is 11.2. The molecule has 0 aliphatic rings. The molecule has 1 unspecified atom stereocenters. The minimum atomic E-state index is -0.690. The molecular formula is C13H13ClFN3O2. The molecular weight excluding hydrogens is 285 g/mol. The second-order valence-corrected chi connectivity index (χ2v) is 4.59. The Morgan fingerprint density at radius 2 is 2.35 bits per heavy atom. The SMILES string of the molecule is O=C(Cn1cccn1)NC(CO)c1ccc(Cl)c(F)c1. The van der Waals surface area contributed by atoms with E-state index in [1.807, 2.05) is 0 Å². The van der Waals surface area contributed by atoms with Crippen LogP contribution in [0.4, 0.5) is 4.39 Å². The zero-order valence-electron chi connectivity index (χ0n) is 10.5. The van der Waals surface area contributed by atoms with Gasteiger partial charge in [-0.2, -0.15) is 5.10 Å². The maximum absolute atomic E-state index is 13.4. The third-order valence-corrected chi connectivity index (χ3v) is 3.04. The average Bonchev–Trinajstić information content (AvgIpc) is 2.92. The van der Waals surface area contributed by atoms with E-state index in [0.29, 0.717) is 5.56 Å². The van der Waals surface area contributed by atoms with Crippen molar-refractivity contribution in [2.75, 3.05) is 6.61 Å². The van der Waals surface area contributed by atoms with Crippen molar-refractivity contribution in [3.05, 3.63) is 53.1 Å². The van der Waals surface area contributed by atoms with Crippen LogP contribution in [-0.2, 0) is 11.3 Å². The van der Waals surface area contributed by atoms with Gasteiger partial charge in [-0.1, -0.05) is 17.7 Å². The van der Waals surface area contributed by atoms with Gasteiger partial charge in [-0.15, -0.1) is 0 Å². The normalized spacial score (nSPS) is 12.2. The Kier molecular flexibility index (Phi) is 4.70. The molecule has 1 heterocycles. The number of amides is 1. The lowest BCUT2D eigenvalue weighted by Gasteiger charge is -2.17. The number of halogens is 2. The Morgan fingerprint density at radius 1 is 1.55 bits per heavy atom. The first-order valence-corrected chi connectivity index (χ1v) is 6.30. The average molecular weight is 298 g/mol. The van der Waals surface area contributed by atoms with E-state index in [1.54, 1.807) is 24.5 Å². The minimum Gasteiger partial charge on any atom is -0.394 e. The van der Waals surface area contributed by atoms with Crippen LogP contribution in [0.1, 0.15) is 11.6 Å². The van der Waals surface area contributed by atoms with E-state index in [1.165, 1.54) is 16.8 Å². The molecule has 0 saturated carbocycles. The molecule has 20 heavy (non-hydrogen) atoms. The first-order valence-electron chi connectivity index (χ1n) is 5.92. The van der Waals surface area contributed by atoms with Crippen molar-refractivity contribution in [2.24, 2.45) is 0 Å². The third-order valence-electron chi connectivity index (χ3n) is 2.73. The lowest BCUT2D eigenvalue weighted by molar-refractivity contribution is -0.122. The van der Waals surface area contributed by atoms with Gasteiger partial charge in [-0.25, -0.2) is 4.39 Å². The van der Waals surface area contributed by atoms with Gasteiger partial charge in [0.2, 0.25) is 5.91 Å². The van der Waals surface area contributed by atoms with Crippen LogP contribution < -0.4 is 5.32 Å². The highest BCUT2D eigenvalue weighted by molar-refractivity contribution is 6.30. The van der Waals surface area contributed by atoms with E-state index in [0.717, 1.165) is 0 Å². The molecule has 1 aromatic carbocycles. The highest BCUT2D eigenvalue weighted by Gasteiger charge is 2.15. The van der Waals surface area contributed by atoms with Gasteiger partial charge < -0.3 is 10.4 Å². The van der Waals surface area contributed by atoms with E-state index in [4.69, 9.17) is 11.6 Å². The van der Waals surface area contributed by atoms with Gasteiger partial charge in [0.15, 0.2) is 0 Å². The molecule has 7 heteroatoms. The second-order valence-electron chi connectivity index (χ2n) is 4.18. The summed E-state index contributed by atoms with van der Waals surface area (Å²) in [6.07, 6.45) is 3.21. The molecule has 0 saturated heterocycles. The van der Waals surface area contributed by atoms with Crippen LogP contribution in [0.5, 0.6) is 0 Å². The molecule has 0 aliphatic carbocycles. The van der Waals surface area contributed by atoms with Crippen LogP contribution in [0.2, 0.25) is 5.02 Å². The summed E-state index contributed by atoms with van der Waals surface area (Å²) < 4.78 is 14.8. The maximum atomic E-state index is 13.4. The topological polar surface area (TPSA) is 67.2 Å². The number of carbonyl (C=O) groups excluding carboxylic acids is 1. The fourth-order valence-electron chi connectivity index (χ4n) is 1.74. The summed E-state index contributed by atoms with van der Waals surface area (Å²) in [6.45, 7) is -0.314. The highest BCUT2D eigenvalue weighted by Crippen LogP contribution is 2.20. The first-order chi connectivity index (χ1) is 9.60. The van der Waals surface area contributed by atoms with Gasteiger partial charge >= 0.3 is 0 Å². The van der Waals surface area contributed by atoms with Crippen molar-refractivity contribution >= 4 is 17.5 Å². The number of rotatable bonds is 5. The van der Waals surface area contributed by atoms with Crippen molar-refractivity contribution in [3.63, 3.8) is 0 Å². The standard InChI is InChI=1S/C13H13ClFN3O2/c14-10-3-2-9(6-11(10)15)12(8-19)17-13(20)7-18-5-1-4-16-18/h1-6,12,19H,7-8H2,(H,17,20). The molecule has 0 spiro atoms. The Bertz CT molecular complexity index is 589. The van der Waals surface area contributed by atoms with Crippen molar-refractivity contribution in [1.29, 1.82) is 0 Å². The van der Waals surface area contributed by atoms with Crippen LogP contribution in [0.15, 0.2) is 36.7 Å². The molecule has 2 aromatic rings. The first kappa shape index (κ1) is 14.5. The van der Waals surface area contributed by atoms with Gasteiger partial charge in [0.1, 0.15) is 12.4 Å². The summed E-state index contributed by atoms with van der Waals surface area (Å²) in [4.78, 5) is 11.8. The van der Waals surface area contributed by atoms with Gasteiger partial charge in [0.25, 0.3) is 0 Å².